The van der Waals surface area contributed by atoms with Crippen molar-refractivity contribution in [2.75, 3.05) is 0 Å². The molecule has 0 saturated carbocycles. The predicted molar refractivity (Wildman–Crippen MR) is 71.3 cm³/mol. The molecule has 0 heterocycles. The number of aromatic hydroxyl groups is 1. The molecule has 5 nitrogen and oxygen atoms in total. The number of aliphatic carboxylic acids is 1. The van der Waals surface area contributed by atoms with Gasteiger partial charge in [-0.15, -0.1) is 0 Å². The van der Waals surface area contributed by atoms with Crippen LogP contribution in [0.5, 0.6) is 5.75 Å². The van der Waals surface area contributed by atoms with Crippen LogP contribution in [0.25, 0.3) is 0 Å². The third-order valence-corrected chi connectivity index (χ3v) is 2.89. The van der Waals surface area contributed by atoms with E-state index in [0.29, 0.717) is 12.8 Å². The number of hydrogen-bond acceptors (Lipinski definition) is 3. The Labute approximate surface area is 112 Å². The Kier molecular flexibility index (Phi) is 5.36. The van der Waals surface area contributed by atoms with Crippen molar-refractivity contribution in [2.24, 2.45) is 0 Å². The number of hydrogen-bond donors (Lipinski definition) is 3. The van der Waals surface area contributed by atoms with Crippen molar-refractivity contribution >= 4 is 11.9 Å². The second-order valence-electron chi connectivity index (χ2n) is 4.36. The third-order valence-electron chi connectivity index (χ3n) is 2.89. The minimum Gasteiger partial charge on any atom is -0.507 e. The van der Waals surface area contributed by atoms with Crippen molar-refractivity contribution in [3.63, 3.8) is 0 Å². The van der Waals surface area contributed by atoms with E-state index >= 15 is 0 Å². The Morgan fingerprint density at radius 3 is 2.53 bits per heavy atom. The van der Waals surface area contributed by atoms with Gasteiger partial charge in [-0.25, -0.2) is 4.79 Å². The van der Waals surface area contributed by atoms with Gasteiger partial charge < -0.3 is 15.5 Å². The van der Waals surface area contributed by atoms with Crippen molar-refractivity contribution in [3.8, 4) is 5.75 Å². The van der Waals surface area contributed by atoms with E-state index in [0.717, 1.165) is 12.0 Å². The van der Waals surface area contributed by atoms with E-state index < -0.39 is 17.9 Å². The van der Waals surface area contributed by atoms with Gasteiger partial charge in [0.2, 0.25) is 0 Å². The number of phenols is 1. The van der Waals surface area contributed by atoms with Crippen LogP contribution in [0.2, 0.25) is 0 Å². The number of benzene rings is 1. The van der Waals surface area contributed by atoms with Gasteiger partial charge in [-0.1, -0.05) is 26.3 Å². The van der Waals surface area contributed by atoms with Gasteiger partial charge in [-0.05, 0) is 30.5 Å². The standard InChI is InChI=1S/C14H19NO4/c1-3-5-11(14(18)19)15-13(17)10-8-9(4-2)6-7-12(10)16/h6-8,11,16H,3-5H2,1-2H3,(H,15,17)(H,18,19). The van der Waals surface area contributed by atoms with E-state index in [9.17, 15) is 14.7 Å². The number of nitrogens with one attached hydrogen (secondary N) is 1. The number of carboxylic acids is 1. The highest BCUT2D eigenvalue weighted by Gasteiger charge is 2.21. The van der Waals surface area contributed by atoms with Crippen molar-refractivity contribution in [2.45, 2.75) is 39.2 Å². The number of carboxylic acid groups (broad SMARTS) is 1. The summed E-state index contributed by atoms with van der Waals surface area (Å²) in [5, 5.41) is 21.1. The lowest BCUT2D eigenvalue weighted by Crippen LogP contribution is -2.40. The van der Waals surface area contributed by atoms with Crippen molar-refractivity contribution in [1.82, 2.24) is 5.32 Å². The van der Waals surface area contributed by atoms with Crippen molar-refractivity contribution in [1.29, 1.82) is 0 Å². The largest absolute Gasteiger partial charge is 0.507 e. The highest BCUT2D eigenvalue weighted by molar-refractivity contribution is 5.99. The Morgan fingerprint density at radius 2 is 2.00 bits per heavy atom. The number of aryl methyl sites for hydroxylation is 1. The van der Waals surface area contributed by atoms with Crippen LogP contribution < -0.4 is 5.32 Å². The summed E-state index contributed by atoms with van der Waals surface area (Å²) >= 11 is 0. The maximum Gasteiger partial charge on any atom is 0.326 e. The molecular formula is C14H19NO4. The SMILES string of the molecule is CCCC(NC(=O)c1cc(CC)ccc1O)C(=O)O. The highest BCUT2D eigenvalue weighted by atomic mass is 16.4. The maximum atomic E-state index is 12.0. The predicted octanol–water partition coefficient (Wildman–Crippen LogP) is 1.94. The molecule has 1 amide bonds. The van der Waals surface area contributed by atoms with E-state index in [-0.39, 0.29) is 11.3 Å². The molecule has 0 radical (unpaired) electrons. The number of amides is 1. The molecule has 1 rings (SSSR count). The molecule has 1 unspecified atom stereocenters. The highest BCUT2D eigenvalue weighted by Crippen LogP contribution is 2.19. The summed E-state index contributed by atoms with van der Waals surface area (Å²) in [6.07, 6.45) is 1.74. The van der Waals surface area contributed by atoms with E-state index in [4.69, 9.17) is 5.11 Å². The average Bonchev–Trinajstić information content (AvgIpc) is 2.38. The summed E-state index contributed by atoms with van der Waals surface area (Å²) in [7, 11) is 0. The lowest BCUT2D eigenvalue weighted by atomic mass is 10.1. The fourth-order valence-electron chi connectivity index (χ4n) is 1.77. The van der Waals surface area contributed by atoms with E-state index in [1.54, 1.807) is 12.1 Å². The Bertz CT molecular complexity index is 471. The van der Waals surface area contributed by atoms with Crippen LogP contribution in [-0.4, -0.2) is 28.1 Å². The maximum absolute atomic E-state index is 12.0. The minimum atomic E-state index is -1.07. The van der Waals surface area contributed by atoms with Gasteiger partial charge in [-0.3, -0.25) is 4.79 Å². The Morgan fingerprint density at radius 1 is 1.32 bits per heavy atom. The van der Waals surface area contributed by atoms with Gasteiger partial charge in [0.15, 0.2) is 0 Å². The molecule has 1 aromatic rings. The molecule has 1 aromatic carbocycles. The Hall–Kier alpha value is -2.04. The summed E-state index contributed by atoms with van der Waals surface area (Å²) in [5.74, 6) is -1.77. The summed E-state index contributed by atoms with van der Waals surface area (Å²) < 4.78 is 0. The lowest BCUT2D eigenvalue weighted by Gasteiger charge is -2.14. The van der Waals surface area contributed by atoms with Crippen LogP contribution in [-0.2, 0) is 11.2 Å². The number of phenolic OH excluding ortho intramolecular Hbond substituents is 1. The van der Waals surface area contributed by atoms with Crippen LogP contribution in [0, 0.1) is 0 Å². The summed E-state index contributed by atoms with van der Waals surface area (Å²) in [6, 6.07) is 3.83. The molecule has 0 saturated heterocycles. The normalized spacial score (nSPS) is 11.9. The molecule has 3 N–H and O–H groups in total. The van der Waals surface area contributed by atoms with Crippen LogP contribution in [0.4, 0.5) is 0 Å². The van der Waals surface area contributed by atoms with E-state index in [2.05, 4.69) is 5.32 Å². The first-order valence-electron chi connectivity index (χ1n) is 6.35. The van der Waals surface area contributed by atoms with Gasteiger partial charge in [-0.2, -0.15) is 0 Å². The first kappa shape index (κ1) is 15.0. The van der Waals surface area contributed by atoms with Crippen LogP contribution >= 0.6 is 0 Å². The third kappa shape index (κ3) is 3.98. The average molecular weight is 265 g/mol. The quantitative estimate of drug-likeness (QED) is 0.733. The number of carbonyl (C=O) groups is 2. The van der Waals surface area contributed by atoms with Gasteiger partial charge in [0.1, 0.15) is 11.8 Å². The number of carbonyl (C=O) groups excluding carboxylic acids is 1. The molecule has 104 valence electrons. The fourth-order valence-corrected chi connectivity index (χ4v) is 1.77. The van der Waals surface area contributed by atoms with Gasteiger partial charge in [0.05, 0.1) is 5.56 Å². The molecule has 0 aliphatic rings. The second-order valence-corrected chi connectivity index (χ2v) is 4.36. The molecule has 0 bridgehead atoms. The zero-order valence-corrected chi connectivity index (χ0v) is 11.1. The monoisotopic (exact) mass is 265 g/mol. The molecule has 0 fully saturated rings. The summed E-state index contributed by atoms with van der Waals surface area (Å²) in [4.78, 5) is 23.0. The minimum absolute atomic E-state index is 0.113. The molecule has 0 aliphatic carbocycles. The van der Waals surface area contributed by atoms with Gasteiger partial charge in [0, 0.05) is 0 Å². The fraction of sp³-hybridized carbons (Fsp3) is 0.429. The van der Waals surface area contributed by atoms with Crippen LogP contribution in [0.3, 0.4) is 0 Å². The first-order valence-corrected chi connectivity index (χ1v) is 6.35. The molecule has 0 spiro atoms. The number of rotatable bonds is 6. The van der Waals surface area contributed by atoms with Gasteiger partial charge in [0.25, 0.3) is 5.91 Å². The lowest BCUT2D eigenvalue weighted by molar-refractivity contribution is -0.139. The van der Waals surface area contributed by atoms with Crippen LogP contribution in [0.15, 0.2) is 18.2 Å². The second kappa shape index (κ2) is 6.78. The van der Waals surface area contributed by atoms with Crippen molar-refractivity contribution < 1.29 is 19.8 Å². The summed E-state index contributed by atoms with van der Waals surface area (Å²) in [5.41, 5.74) is 1.02. The Balaban J connectivity index is 2.90. The van der Waals surface area contributed by atoms with Crippen molar-refractivity contribution in [3.05, 3.63) is 29.3 Å². The van der Waals surface area contributed by atoms with Crippen LogP contribution in [0.1, 0.15) is 42.6 Å². The van der Waals surface area contributed by atoms with Gasteiger partial charge >= 0.3 is 5.97 Å². The molecule has 0 aromatic heterocycles. The molecule has 19 heavy (non-hydrogen) atoms. The zero-order chi connectivity index (χ0) is 14.4. The van der Waals surface area contributed by atoms with E-state index in [1.807, 2.05) is 13.8 Å². The molecule has 0 aliphatic heterocycles. The smallest absolute Gasteiger partial charge is 0.326 e. The topological polar surface area (TPSA) is 86.6 Å². The first-order chi connectivity index (χ1) is 8.99. The molecular weight excluding hydrogens is 246 g/mol. The summed E-state index contributed by atoms with van der Waals surface area (Å²) in [6.45, 7) is 3.78. The molecule has 1 atom stereocenters. The zero-order valence-electron chi connectivity index (χ0n) is 11.1. The van der Waals surface area contributed by atoms with E-state index in [1.165, 1.54) is 6.07 Å². The molecule has 5 heteroatoms.